The van der Waals surface area contributed by atoms with Gasteiger partial charge in [-0.2, -0.15) is 0 Å². The molecular weight excluding hydrogens is 186 g/mol. The van der Waals surface area contributed by atoms with Crippen molar-refractivity contribution in [1.29, 1.82) is 0 Å². The Labute approximate surface area is 90.4 Å². The van der Waals surface area contributed by atoms with Crippen molar-refractivity contribution in [3.05, 3.63) is 35.9 Å². The molecule has 1 unspecified atom stereocenters. The molecule has 4 N–H and O–H groups in total. The summed E-state index contributed by atoms with van der Waals surface area (Å²) in [5.41, 5.74) is 7.87. The van der Waals surface area contributed by atoms with E-state index in [1.165, 1.54) is 11.3 Å². The van der Waals surface area contributed by atoms with Gasteiger partial charge in [0.15, 0.2) is 0 Å². The lowest BCUT2D eigenvalue weighted by molar-refractivity contribution is 0.618. The van der Waals surface area contributed by atoms with Gasteiger partial charge in [-0.3, -0.25) is 5.32 Å². The van der Waals surface area contributed by atoms with Crippen LogP contribution in [0.5, 0.6) is 0 Å². The molecular formula is C12H17N3. The lowest BCUT2D eigenvalue weighted by Crippen LogP contribution is -2.37. The number of nitrogens with one attached hydrogen (secondary N) is 2. The Morgan fingerprint density at radius 3 is 3.07 bits per heavy atom. The second-order valence-corrected chi connectivity index (χ2v) is 3.66. The number of benzene rings is 1. The van der Waals surface area contributed by atoms with Crippen molar-refractivity contribution in [3.8, 4) is 0 Å². The van der Waals surface area contributed by atoms with Gasteiger partial charge in [-0.1, -0.05) is 24.3 Å². The molecule has 0 aromatic heterocycles. The molecule has 1 heterocycles. The highest BCUT2D eigenvalue weighted by molar-refractivity contribution is 5.70. The van der Waals surface area contributed by atoms with E-state index in [2.05, 4.69) is 34.9 Å². The van der Waals surface area contributed by atoms with E-state index in [1.807, 2.05) is 12.1 Å². The minimum atomic E-state index is 0.228. The molecule has 80 valence electrons. The van der Waals surface area contributed by atoms with Crippen LogP contribution in [-0.2, 0) is 0 Å². The summed E-state index contributed by atoms with van der Waals surface area (Å²) in [6, 6.07) is 8.29. The molecule has 1 aromatic carbocycles. The Kier molecular flexibility index (Phi) is 3.37. The first-order valence-corrected chi connectivity index (χ1v) is 5.37. The van der Waals surface area contributed by atoms with Gasteiger partial charge in [-0.05, 0) is 37.2 Å². The summed E-state index contributed by atoms with van der Waals surface area (Å²) in [6.07, 6.45) is 5.52. The van der Waals surface area contributed by atoms with Crippen LogP contribution in [0.25, 0.3) is 6.08 Å². The standard InChI is InChI=1S/C12H17N3/c13-8-3-9-14-12-7-6-10-4-1-2-5-11(10)15-12/h1-2,4-7,12,14-15H,3,8-9,13H2. The molecule has 1 atom stereocenters. The van der Waals surface area contributed by atoms with Crippen LogP contribution >= 0.6 is 0 Å². The zero-order valence-corrected chi connectivity index (χ0v) is 8.74. The summed E-state index contributed by atoms with van der Waals surface area (Å²) in [5, 5.41) is 6.80. The van der Waals surface area contributed by atoms with Gasteiger partial charge in [0.05, 0.1) is 6.17 Å². The van der Waals surface area contributed by atoms with E-state index in [0.717, 1.165) is 19.5 Å². The topological polar surface area (TPSA) is 50.1 Å². The van der Waals surface area contributed by atoms with Crippen LogP contribution in [-0.4, -0.2) is 19.3 Å². The number of para-hydroxylation sites is 1. The van der Waals surface area contributed by atoms with E-state index in [-0.39, 0.29) is 6.17 Å². The third-order valence-electron chi connectivity index (χ3n) is 2.49. The Hall–Kier alpha value is -1.32. The second-order valence-electron chi connectivity index (χ2n) is 3.66. The molecule has 1 aromatic rings. The van der Waals surface area contributed by atoms with E-state index < -0.39 is 0 Å². The van der Waals surface area contributed by atoms with Crippen molar-refractivity contribution in [3.63, 3.8) is 0 Å². The molecule has 0 saturated carbocycles. The van der Waals surface area contributed by atoms with Crippen molar-refractivity contribution < 1.29 is 0 Å². The molecule has 2 rings (SSSR count). The summed E-state index contributed by atoms with van der Waals surface area (Å²) in [4.78, 5) is 0. The SMILES string of the molecule is NCCCNC1C=Cc2ccccc2N1. The molecule has 1 aliphatic heterocycles. The fourth-order valence-electron chi connectivity index (χ4n) is 1.67. The summed E-state index contributed by atoms with van der Waals surface area (Å²) in [6.45, 7) is 1.68. The van der Waals surface area contributed by atoms with Crippen LogP contribution in [0.15, 0.2) is 30.3 Å². The largest absolute Gasteiger partial charge is 0.366 e. The molecule has 0 spiro atoms. The van der Waals surface area contributed by atoms with E-state index in [9.17, 15) is 0 Å². The van der Waals surface area contributed by atoms with Crippen LogP contribution in [0.4, 0.5) is 5.69 Å². The summed E-state index contributed by atoms with van der Waals surface area (Å²) in [7, 11) is 0. The molecule has 0 radical (unpaired) electrons. The zero-order valence-electron chi connectivity index (χ0n) is 8.74. The number of anilines is 1. The quantitative estimate of drug-likeness (QED) is 0.648. The highest BCUT2D eigenvalue weighted by Crippen LogP contribution is 2.21. The first-order chi connectivity index (χ1) is 7.40. The number of fused-ring (bicyclic) bond motifs is 1. The number of rotatable bonds is 4. The lowest BCUT2D eigenvalue weighted by Gasteiger charge is -2.23. The van der Waals surface area contributed by atoms with E-state index >= 15 is 0 Å². The maximum Gasteiger partial charge on any atom is 0.0964 e. The maximum absolute atomic E-state index is 5.44. The highest BCUT2D eigenvalue weighted by Gasteiger charge is 2.09. The monoisotopic (exact) mass is 203 g/mol. The van der Waals surface area contributed by atoms with Crippen LogP contribution in [0, 0.1) is 0 Å². The van der Waals surface area contributed by atoms with Crippen LogP contribution < -0.4 is 16.4 Å². The average Bonchev–Trinajstić information content (AvgIpc) is 2.29. The molecule has 15 heavy (non-hydrogen) atoms. The molecule has 0 amide bonds. The van der Waals surface area contributed by atoms with E-state index in [4.69, 9.17) is 5.73 Å². The highest BCUT2D eigenvalue weighted by atomic mass is 15.1. The van der Waals surface area contributed by atoms with Gasteiger partial charge in [0.25, 0.3) is 0 Å². The Bertz CT molecular complexity index is 346. The molecule has 0 saturated heterocycles. The van der Waals surface area contributed by atoms with Crippen molar-refractivity contribution >= 4 is 11.8 Å². The zero-order chi connectivity index (χ0) is 10.5. The van der Waals surface area contributed by atoms with Gasteiger partial charge in [0.1, 0.15) is 0 Å². The molecule has 1 aliphatic rings. The van der Waals surface area contributed by atoms with Gasteiger partial charge >= 0.3 is 0 Å². The minimum absolute atomic E-state index is 0.228. The Morgan fingerprint density at radius 1 is 1.33 bits per heavy atom. The van der Waals surface area contributed by atoms with Crippen LogP contribution in [0.1, 0.15) is 12.0 Å². The molecule has 3 heteroatoms. The molecule has 3 nitrogen and oxygen atoms in total. The smallest absolute Gasteiger partial charge is 0.0964 e. The summed E-state index contributed by atoms with van der Waals surface area (Å²) < 4.78 is 0. The third kappa shape index (κ3) is 2.58. The van der Waals surface area contributed by atoms with Crippen molar-refractivity contribution in [2.75, 3.05) is 18.4 Å². The second kappa shape index (κ2) is 4.96. The van der Waals surface area contributed by atoms with Gasteiger partial charge in [-0.25, -0.2) is 0 Å². The number of hydrogen-bond donors (Lipinski definition) is 3. The first kappa shape index (κ1) is 10.2. The van der Waals surface area contributed by atoms with Crippen LogP contribution in [0.3, 0.4) is 0 Å². The Morgan fingerprint density at radius 2 is 2.20 bits per heavy atom. The molecule has 0 bridgehead atoms. The first-order valence-electron chi connectivity index (χ1n) is 5.37. The van der Waals surface area contributed by atoms with Gasteiger partial charge in [0, 0.05) is 5.69 Å². The van der Waals surface area contributed by atoms with Gasteiger partial charge < -0.3 is 11.1 Å². The van der Waals surface area contributed by atoms with Crippen molar-refractivity contribution in [2.24, 2.45) is 5.73 Å². The van der Waals surface area contributed by atoms with Crippen LogP contribution in [0.2, 0.25) is 0 Å². The minimum Gasteiger partial charge on any atom is -0.366 e. The van der Waals surface area contributed by atoms with Gasteiger partial charge in [0.2, 0.25) is 0 Å². The third-order valence-corrected chi connectivity index (χ3v) is 2.49. The predicted molar refractivity (Wildman–Crippen MR) is 64.6 cm³/mol. The fourth-order valence-corrected chi connectivity index (χ4v) is 1.67. The lowest BCUT2D eigenvalue weighted by atomic mass is 10.1. The van der Waals surface area contributed by atoms with Gasteiger partial charge in [-0.15, -0.1) is 0 Å². The van der Waals surface area contributed by atoms with Crippen molar-refractivity contribution in [2.45, 2.75) is 12.6 Å². The van der Waals surface area contributed by atoms with Crippen molar-refractivity contribution in [1.82, 2.24) is 5.32 Å². The number of nitrogens with two attached hydrogens (primary N) is 1. The Balaban J connectivity index is 1.94. The summed E-state index contributed by atoms with van der Waals surface area (Å²) >= 11 is 0. The average molecular weight is 203 g/mol. The predicted octanol–water partition coefficient (Wildman–Crippen LogP) is 1.39. The molecule has 0 fully saturated rings. The van der Waals surface area contributed by atoms with E-state index in [0.29, 0.717) is 0 Å². The number of hydrogen-bond acceptors (Lipinski definition) is 3. The van der Waals surface area contributed by atoms with E-state index in [1.54, 1.807) is 0 Å². The normalized spacial score (nSPS) is 18.3. The summed E-state index contributed by atoms with van der Waals surface area (Å²) in [5.74, 6) is 0. The molecule has 0 aliphatic carbocycles. The maximum atomic E-state index is 5.44. The fraction of sp³-hybridized carbons (Fsp3) is 0.333.